The summed E-state index contributed by atoms with van der Waals surface area (Å²) < 4.78 is 5.45. The molecule has 0 aromatic carbocycles. The van der Waals surface area contributed by atoms with Gasteiger partial charge in [-0.3, -0.25) is 4.79 Å². The molecule has 1 N–H and O–H groups in total. The molecule has 3 atom stereocenters. The summed E-state index contributed by atoms with van der Waals surface area (Å²) in [4.78, 5) is 15.4. The fraction of sp³-hybridized carbons (Fsp3) is 0.615. The first-order valence-electron chi connectivity index (χ1n) is 6.19. The number of carbonyl (C=O) groups excluding carboxylic acids is 1. The number of hydrogen-bond donors (Lipinski definition) is 1. The minimum Gasteiger partial charge on any atom is -0.394 e. The van der Waals surface area contributed by atoms with Crippen LogP contribution in [0.2, 0.25) is 0 Å². The number of nitrogens with zero attached hydrogens (tertiary/aromatic N) is 1. The summed E-state index contributed by atoms with van der Waals surface area (Å²) in [6.07, 6.45) is -0.249. The number of morpholine rings is 1. The zero-order chi connectivity index (χ0) is 13.1. The van der Waals surface area contributed by atoms with Gasteiger partial charge in [0, 0.05) is 11.4 Å². The molecule has 2 rings (SSSR count). The van der Waals surface area contributed by atoms with Gasteiger partial charge in [-0.15, -0.1) is 11.3 Å². The molecular weight excluding hydrogens is 250 g/mol. The van der Waals surface area contributed by atoms with E-state index in [-0.39, 0.29) is 30.6 Å². The second-order valence-corrected chi connectivity index (χ2v) is 5.69. The first-order chi connectivity index (χ1) is 8.63. The van der Waals surface area contributed by atoms with Gasteiger partial charge in [-0.25, -0.2) is 0 Å². The molecule has 5 heteroatoms. The molecule has 1 amide bonds. The number of rotatable bonds is 3. The van der Waals surface area contributed by atoms with E-state index in [0.29, 0.717) is 13.2 Å². The van der Waals surface area contributed by atoms with Crippen molar-refractivity contribution in [3.63, 3.8) is 0 Å². The maximum atomic E-state index is 12.5. The molecule has 0 aliphatic carbocycles. The standard InChI is InChI=1S/C13H19NO3S/c1-9-8-17-11(7-15)6-14(9)13(16)10(2)12-4-3-5-18-12/h3-5,9-11,15H,6-8H2,1-2H3. The number of ether oxygens (including phenoxy) is 1. The first kappa shape index (κ1) is 13.5. The average Bonchev–Trinajstić information content (AvgIpc) is 2.91. The highest BCUT2D eigenvalue weighted by atomic mass is 32.1. The van der Waals surface area contributed by atoms with Crippen molar-refractivity contribution in [3.05, 3.63) is 22.4 Å². The summed E-state index contributed by atoms with van der Waals surface area (Å²) in [6, 6.07) is 4.02. The van der Waals surface area contributed by atoms with Gasteiger partial charge in [0.2, 0.25) is 5.91 Å². The lowest BCUT2D eigenvalue weighted by Crippen LogP contribution is -2.53. The van der Waals surface area contributed by atoms with Crippen LogP contribution in [0.5, 0.6) is 0 Å². The summed E-state index contributed by atoms with van der Waals surface area (Å²) in [7, 11) is 0. The highest BCUT2D eigenvalue weighted by Crippen LogP contribution is 2.25. The summed E-state index contributed by atoms with van der Waals surface area (Å²) in [5, 5.41) is 11.1. The Morgan fingerprint density at radius 2 is 2.50 bits per heavy atom. The molecule has 4 nitrogen and oxygen atoms in total. The number of aliphatic hydroxyl groups is 1. The van der Waals surface area contributed by atoms with Crippen LogP contribution in [-0.4, -0.2) is 47.8 Å². The molecule has 0 spiro atoms. The van der Waals surface area contributed by atoms with Crippen molar-refractivity contribution in [2.24, 2.45) is 0 Å². The third kappa shape index (κ3) is 2.74. The summed E-state index contributed by atoms with van der Waals surface area (Å²) in [5.74, 6) is -0.00315. The van der Waals surface area contributed by atoms with Gasteiger partial charge in [-0.2, -0.15) is 0 Å². The zero-order valence-electron chi connectivity index (χ0n) is 10.7. The molecule has 1 aliphatic rings. The maximum absolute atomic E-state index is 12.5. The summed E-state index contributed by atoms with van der Waals surface area (Å²) in [5.41, 5.74) is 0. The van der Waals surface area contributed by atoms with Crippen LogP contribution < -0.4 is 0 Å². The molecule has 1 aromatic heterocycles. The second kappa shape index (κ2) is 5.82. The monoisotopic (exact) mass is 269 g/mol. The number of hydrogen-bond acceptors (Lipinski definition) is 4. The van der Waals surface area contributed by atoms with Crippen molar-refractivity contribution in [3.8, 4) is 0 Å². The van der Waals surface area contributed by atoms with Crippen molar-refractivity contribution in [1.82, 2.24) is 4.90 Å². The van der Waals surface area contributed by atoms with E-state index in [9.17, 15) is 4.79 Å². The minimum absolute atomic E-state index is 0.0378. The Hall–Kier alpha value is -0.910. The van der Waals surface area contributed by atoms with Crippen molar-refractivity contribution in [1.29, 1.82) is 0 Å². The quantitative estimate of drug-likeness (QED) is 0.904. The number of carbonyl (C=O) groups is 1. The Bertz CT molecular complexity index is 393. The van der Waals surface area contributed by atoms with Crippen LogP contribution >= 0.6 is 11.3 Å². The molecule has 2 heterocycles. The van der Waals surface area contributed by atoms with Crippen LogP contribution in [0, 0.1) is 0 Å². The van der Waals surface area contributed by atoms with E-state index in [0.717, 1.165) is 4.88 Å². The highest BCUT2D eigenvalue weighted by molar-refractivity contribution is 7.10. The number of thiophene rings is 1. The molecular formula is C13H19NO3S. The van der Waals surface area contributed by atoms with Gasteiger partial charge in [0.1, 0.15) is 0 Å². The van der Waals surface area contributed by atoms with Crippen LogP contribution in [0.25, 0.3) is 0 Å². The predicted octanol–water partition coefficient (Wildman–Crippen LogP) is 1.46. The average molecular weight is 269 g/mol. The molecule has 1 aromatic rings. The fourth-order valence-corrected chi connectivity index (χ4v) is 2.92. The van der Waals surface area contributed by atoms with E-state index in [4.69, 9.17) is 9.84 Å². The lowest BCUT2D eigenvalue weighted by Gasteiger charge is -2.38. The Morgan fingerprint density at radius 1 is 1.72 bits per heavy atom. The van der Waals surface area contributed by atoms with E-state index in [1.165, 1.54) is 0 Å². The SMILES string of the molecule is CC(C(=O)N1CC(CO)OCC1C)c1cccs1. The van der Waals surface area contributed by atoms with Crippen molar-refractivity contribution >= 4 is 17.2 Å². The Kier molecular flexibility index (Phi) is 4.37. The van der Waals surface area contributed by atoms with Gasteiger partial charge in [0.05, 0.1) is 31.3 Å². The Morgan fingerprint density at radius 3 is 3.11 bits per heavy atom. The molecule has 1 aliphatic heterocycles. The van der Waals surface area contributed by atoms with Crippen molar-refractivity contribution in [2.45, 2.75) is 31.9 Å². The normalized spacial score (nSPS) is 26.1. The minimum atomic E-state index is -0.249. The highest BCUT2D eigenvalue weighted by Gasteiger charge is 2.32. The van der Waals surface area contributed by atoms with Gasteiger partial charge >= 0.3 is 0 Å². The zero-order valence-corrected chi connectivity index (χ0v) is 11.5. The van der Waals surface area contributed by atoms with Crippen LogP contribution in [0.15, 0.2) is 17.5 Å². The van der Waals surface area contributed by atoms with Crippen molar-refractivity contribution < 1.29 is 14.6 Å². The largest absolute Gasteiger partial charge is 0.394 e. The van der Waals surface area contributed by atoms with Crippen LogP contribution in [0.3, 0.4) is 0 Å². The third-order valence-corrected chi connectivity index (χ3v) is 4.39. The predicted molar refractivity (Wildman–Crippen MR) is 70.7 cm³/mol. The van der Waals surface area contributed by atoms with Gasteiger partial charge in [-0.1, -0.05) is 6.07 Å². The van der Waals surface area contributed by atoms with E-state index in [1.54, 1.807) is 11.3 Å². The second-order valence-electron chi connectivity index (χ2n) is 4.71. The fourth-order valence-electron chi connectivity index (χ4n) is 2.14. The van der Waals surface area contributed by atoms with Crippen LogP contribution in [0.4, 0.5) is 0 Å². The van der Waals surface area contributed by atoms with Gasteiger partial charge < -0.3 is 14.7 Å². The van der Waals surface area contributed by atoms with Gasteiger partial charge in [0.15, 0.2) is 0 Å². The lowest BCUT2D eigenvalue weighted by molar-refractivity contribution is -0.147. The molecule has 1 fully saturated rings. The van der Waals surface area contributed by atoms with Gasteiger partial charge in [0.25, 0.3) is 0 Å². The molecule has 18 heavy (non-hydrogen) atoms. The number of aliphatic hydroxyl groups excluding tert-OH is 1. The molecule has 100 valence electrons. The topological polar surface area (TPSA) is 49.8 Å². The molecule has 0 radical (unpaired) electrons. The molecule has 0 bridgehead atoms. The molecule has 1 saturated heterocycles. The third-order valence-electron chi connectivity index (χ3n) is 3.33. The lowest BCUT2D eigenvalue weighted by atomic mass is 10.1. The van der Waals surface area contributed by atoms with Crippen LogP contribution in [0.1, 0.15) is 24.6 Å². The van der Waals surface area contributed by atoms with Crippen molar-refractivity contribution in [2.75, 3.05) is 19.8 Å². The Labute approximate surface area is 111 Å². The van der Waals surface area contributed by atoms with E-state index in [1.807, 2.05) is 36.3 Å². The summed E-state index contributed by atoms with van der Waals surface area (Å²) >= 11 is 1.60. The number of amides is 1. The van der Waals surface area contributed by atoms with E-state index < -0.39 is 0 Å². The molecule has 3 unspecified atom stereocenters. The van der Waals surface area contributed by atoms with E-state index in [2.05, 4.69) is 0 Å². The van der Waals surface area contributed by atoms with Gasteiger partial charge in [-0.05, 0) is 25.3 Å². The summed E-state index contributed by atoms with van der Waals surface area (Å²) in [6.45, 7) is 4.85. The smallest absolute Gasteiger partial charge is 0.231 e. The maximum Gasteiger partial charge on any atom is 0.231 e. The van der Waals surface area contributed by atoms with Crippen LogP contribution in [-0.2, 0) is 9.53 Å². The first-order valence-corrected chi connectivity index (χ1v) is 7.07. The van der Waals surface area contributed by atoms with E-state index >= 15 is 0 Å². The molecule has 0 saturated carbocycles. The Balaban J connectivity index is 2.07.